The van der Waals surface area contributed by atoms with Crippen molar-refractivity contribution < 1.29 is 8.78 Å². The van der Waals surface area contributed by atoms with Gasteiger partial charge in [-0.1, -0.05) is 0 Å². The summed E-state index contributed by atoms with van der Waals surface area (Å²) in [5.74, 6) is -2.58. The Balaban J connectivity index is 2.59. The minimum Gasteiger partial charge on any atom is -0.320 e. The highest BCUT2D eigenvalue weighted by Crippen LogP contribution is 2.49. The van der Waals surface area contributed by atoms with Gasteiger partial charge < -0.3 is 5.73 Å². The Morgan fingerprint density at radius 3 is 1.71 bits per heavy atom. The van der Waals surface area contributed by atoms with E-state index in [0.29, 0.717) is 0 Å². The number of nitrogens with two attached hydrogens (primary N) is 1. The molecule has 0 saturated heterocycles. The lowest BCUT2D eigenvalue weighted by atomic mass is 10.3. The predicted molar refractivity (Wildman–Crippen MR) is 22.2 cm³/mol. The maximum Gasteiger partial charge on any atom is 0.267 e. The van der Waals surface area contributed by atoms with E-state index in [1.807, 2.05) is 0 Å². The fourth-order valence-electron chi connectivity index (χ4n) is 0.417. The number of hydrogen-bond donors (Lipinski definition) is 1. The van der Waals surface area contributed by atoms with Gasteiger partial charge in [0.2, 0.25) is 0 Å². The van der Waals surface area contributed by atoms with Crippen LogP contribution in [0.3, 0.4) is 0 Å². The summed E-state index contributed by atoms with van der Waals surface area (Å²) in [4.78, 5) is 0. The summed E-state index contributed by atoms with van der Waals surface area (Å²) in [7, 11) is 0. The standard InChI is InChI=1S/C4H7F2N/c1-3(7)2-4(3,5)6/h2,7H2,1H3/t3-/m1/s1. The van der Waals surface area contributed by atoms with Gasteiger partial charge in [-0.2, -0.15) is 0 Å². The highest BCUT2D eigenvalue weighted by Gasteiger charge is 2.65. The lowest BCUT2D eigenvalue weighted by Gasteiger charge is -1.96. The van der Waals surface area contributed by atoms with Gasteiger partial charge in [-0.3, -0.25) is 0 Å². The van der Waals surface area contributed by atoms with Crippen molar-refractivity contribution >= 4 is 0 Å². The molecule has 0 aromatic carbocycles. The maximum atomic E-state index is 11.8. The SMILES string of the molecule is C[C@@]1(N)CC1(F)F. The van der Waals surface area contributed by atoms with Gasteiger partial charge in [0.15, 0.2) is 0 Å². The topological polar surface area (TPSA) is 26.0 Å². The summed E-state index contributed by atoms with van der Waals surface area (Å²) >= 11 is 0. The molecule has 3 heteroatoms. The second kappa shape index (κ2) is 0.823. The molecule has 1 atom stereocenters. The van der Waals surface area contributed by atoms with Gasteiger partial charge in [0.1, 0.15) is 0 Å². The molecule has 1 rings (SSSR count). The molecular formula is C4H7F2N. The molecule has 0 bridgehead atoms. The molecule has 42 valence electrons. The molecule has 1 aliphatic carbocycles. The van der Waals surface area contributed by atoms with E-state index in [9.17, 15) is 8.78 Å². The van der Waals surface area contributed by atoms with Crippen molar-refractivity contribution in [2.24, 2.45) is 5.73 Å². The van der Waals surface area contributed by atoms with Crippen LogP contribution in [0.1, 0.15) is 13.3 Å². The molecule has 0 amide bonds. The smallest absolute Gasteiger partial charge is 0.267 e. The van der Waals surface area contributed by atoms with Crippen molar-refractivity contribution in [1.29, 1.82) is 0 Å². The molecule has 0 aliphatic heterocycles. The van der Waals surface area contributed by atoms with Crippen molar-refractivity contribution in [3.05, 3.63) is 0 Å². The van der Waals surface area contributed by atoms with Crippen molar-refractivity contribution in [2.75, 3.05) is 0 Å². The van der Waals surface area contributed by atoms with E-state index in [4.69, 9.17) is 5.73 Å². The Bertz CT molecular complexity index is 85.9. The lowest BCUT2D eigenvalue weighted by Crippen LogP contribution is -2.24. The molecule has 7 heavy (non-hydrogen) atoms. The summed E-state index contributed by atoms with van der Waals surface area (Å²) in [5.41, 5.74) is 3.81. The molecule has 0 aromatic heterocycles. The summed E-state index contributed by atoms with van der Waals surface area (Å²) < 4.78 is 23.6. The van der Waals surface area contributed by atoms with Gasteiger partial charge in [0.05, 0.1) is 5.54 Å². The molecule has 1 saturated carbocycles. The van der Waals surface area contributed by atoms with Crippen molar-refractivity contribution in [1.82, 2.24) is 0 Å². The van der Waals surface area contributed by atoms with Gasteiger partial charge >= 0.3 is 0 Å². The van der Waals surface area contributed by atoms with Crippen LogP contribution in [0.5, 0.6) is 0 Å². The molecule has 0 aromatic rings. The zero-order valence-corrected chi connectivity index (χ0v) is 4.04. The molecule has 0 unspecified atom stereocenters. The van der Waals surface area contributed by atoms with Crippen LogP contribution in [-0.2, 0) is 0 Å². The van der Waals surface area contributed by atoms with Gasteiger partial charge in [-0.25, -0.2) is 8.78 Å². The minimum absolute atomic E-state index is 0.153. The Hall–Kier alpha value is -0.180. The van der Waals surface area contributed by atoms with Crippen molar-refractivity contribution in [3.8, 4) is 0 Å². The molecule has 0 radical (unpaired) electrons. The van der Waals surface area contributed by atoms with E-state index in [-0.39, 0.29) is 6.42 Å². The van der Waals surface area contributed by atoms with Crippen LogP contribution in [0.15, 0.2) is 0 Å². The summed E-state index contributed by atoms with van der Waals surface area (Å²) in [6, 6.07) is 0. The largest absolute Gasteiger partial charge is 0.320 e. The van der Waals surface area contributed by atoms with E-state index in [2.05, 4.69) is 0 Å². The quantitative estimate of drug-likeness (QED) is 0.485. The molecule has 0 spiro atoms. The van der Waals surface area contributed by atoms with Gasteiger partial charge in [-0.15, -0.1) is 0 Å². The second-order valence-corrected chi connectivity index (χ2v) is 2.30. The summed E-state index contributed by atoms with van der Waals surface area (Å²) in [6.07, 6.45) is -0.153. The molecule has 1 nitrogen and oxygen atoms in total. The Morgan fingerprint density at radius 2 is 1.71 bits per heavy atom. The second-order valence-electron chi connectivity index (χ2n) is 2.30. The van der Waals surface area contributed by atoms with Crippen LogP contribution < -0.4 is 5.73 Å². The van der Waals surface area contributed by atoms with Crippen LogP contribution in [0, 0.1) is 0 Å². The normalized spacial score (nSPS) is 46.3. The Labute approximate surface area is 40.5 Å². The first-order chi connectivity index (χ1) is 2.96. The first kappa shape index (κ1) is 4.97. The number of halogens is 2. The lowest BCUT2D eigenvalue weighted by molar-refractivity contribution is 0.0937. The summed E-state index contributed by atoms with van der Waals surface area (Å²) in [5, 5.41) is 0. The first-order valence-electron chi connectivity index (χ1n) is 2.12. The minimum atomic E-state index is -2.58. The highest BCUT2D eigenvalue weighted by atomic mass is 19.3. The van der Waals surface area contributed by atoms with Crippen LogP contribution in [-0.4, -0.2) is 11.5 Å². The maximum absolute atomic E-state index is 11.8. The Kier molecular flexibility index (Phi) is 0.584. The average molecular weight is 107 g/mol. The van der Waals surface area contributed by atoms with Crippen LogP contribution in [0.4, 0.5) is 8.78 Å². The average Bonchev–Trinajstić information content (AvgIpc) is 1.63. The number of hydrogen-bond acceptors (Lipinski definition) is 1. The monoisotopic (exact) mass is 107 g/mol. The van der Waals surface area contributed by atoms with Gasteiger partial charge in [-0.05, 0) is 6.92 Å². The fraction of sp³-hybridized carbons (Fsp3) is 1.00. The molecule has 2 N–H and O–H groups in total. The van der Waals surface area contributed by atoms with Crippen LogP contribution in [0.25, 0.3) is 0 Å². The summed E-state index contributed by atoms with van der Waals surface area (Å²) in [6.45, 7) is 1.35. The fourth-order valence-corrected chi connectivity index (χ4v) is 0.417. The third kappa shape index (κ3) is 0.517. The van der Waals surface area contributed by atoms with Crippen molar-refractivity contribution in [3.63, 3.8) is 0 Å². The van der Waals surface area contributed by atoms with Gasteiger partial charge in [0.25, 0.3) is 5.92 Å². The van der Waals surface area contributed by atoms with E-state index >= 15 is 0 Å². The molecule has 1 fully saturated rings. The molecular weight excluding hydrogens is 100 g/mol. The zero-order valence-electron chi connectivity index (χ0n) is 4.04. The van der Waals surface area contributed by atoms with Crippen LogP contribution >= 0.6 is 0 Å². The van der Waals surface area contributed by atoms with E-state index in [1.165, 1.54) is 6.92 Å². The third-order valence-electron chi connectivity index (χ3n) is 1.30. The van der Waals surface area contributed by atoms with E-state index in [0.717, 1.165) is 0 Å². The predicted octanol–water partition coefficient (Wildman–Crippen LogP) is 0.743. The van der Waals surface area contributed by atoms with Crippen molar-refractivity contribution in [2.45, 2.75) is 24.8 Å². The zero-order chi connectivity index (χ0) is 5.71. The number of alkyl halides is 2. The first-order valence-corrected chi connectivity index (χ1v) is 2.12. The Morgan fingerprint density at radius 1 is 1.57 bits per heavy atom. The molecule has 1 aliphatic rings. The van der Waals surface area contributed by atoms with Gasteiger partial charge in [0, 0.05) is 6.42 Å². The van der Waals surface area contributed by atoms with Crippen LogP contribution in [0.2, 0.25) is 0 Å². The highest BCUT2D eigenvalue weighted by molar-refractivity contribution is 5.12. The molecule has 0 heterocycles. The number of rotatable bonds is 0. The van der Waals surface area contributed by atoms with E-state index in [1.54, 1.807) is 0 Å². The van der Waals surface area contributed by atoms with E-state index < -0.39 is 11.5 Å². The third-order valence-corrected chi connectivity index (χ3v) is 1.30.